The number of benzene rings is 1. The zero-order valence-corrected chi connectivity index (χ0v) is 13.7. The normalized spacial score (nSPS) is 10.0. The Bertz CT molecular complexity index is 278. The van der Waals surface area contributed by atoms with Gasteiger partial charge in [-0.1, -0.05) is 52.4 Å². The number of rotatable bonds is 10. The molecule has 2 N–H and O–H groups in total. The van der Waals surface area contributed by atoms with Crippen LogP contribution >= 0.6 is 0 Å². The van der Waals surface area contributed by atoms with Crippen molar-refractivity contribution in [1.29, 1.82) is 0 Å². The average molecular weight is 296 g/mol. The standard InChI is InChI=1S/C12H26O.C6H6O2/c1-3-5-7-9-11-13-12-10-8-6-4-2;7-5-1-2-6(8)4-3-5/h3-12H2,1-2H3;1-4,7-8H. The van der Waals surface area contributed by atoms with Crippen LogP contribution in [0.15, 0.2) is 24.3 Å². The second-order valence-corrected chi connectivity index (χ2v) is 5.25. The van der Waals surface area contributed by atoms with Gasteiger partial charge in [-0.15, -0.1) is 0 Å². The maximum Gasteiger partial charge on any atom is 0.115 e. The van der Waals surface area contributed by atoms with Crippen molar-refractivity contribution in [2.75, 3.05) is 13.2 Å². The first kappa shape index (κ1) is 19.8. The summed E-state index contributed by atoms with van der Waals surface area (Å²) in [6.07, 6.45) is 10.5. The molecule has 1 aromatic rings. The summed E-state index contributed by atoms with van der Waals surface area (Å²) in [7, 11) is 0. The molecule has 1 rings (SSSR count). The second-order valence-electron chi connectivity index (χ2n) is 5.25. The molecule has 3 heteroatoms. The van der Waals surface area contributed by atoms with Gasteiger partial charge in [0.05, 0.1) is 0 Å². The molecule has 0 unspecified atom stereocenters. The molecule has 0 aliphatic carbocycles. The van der Waals surface area contributed by atoms with Crippen LogP contribution in [0.3, 0.4) is 0 Å². The Morgan fingerprint density at radius 3 is 1.38 bits per heavy atom. The Kier molecular flexibility index (Phi) is 14.3. The van der Waals surface area contributed by atoms with Gasteiger partial charge in [-0.3, -0.25) is 0 Å². The van der Waals surface area contributed by atoms with E-state index in [4.69, 9.17) is 14.9 Å². The smallest absolute Gasteiger partial charge is 0.115 e. The summed E-state index contributed by atoms with van der Waals surface area (Å²) in [5.74, 6) is 0.339. The molecule has 0 radical (unpaired) electrons. The average Bonchev–Trinajstić information content (AvgIpc) is 2.49. The van der Waals surface area contributed by atoms with Gasteiger partial charge in [0.1, 0.15) is 11.5 Å². The highest BCUT2D eigenvalue weighted by Gasteiger charge is 1.90. The van der Waals surface area contributed by atoms with Gasteiger partial charge in [-0.05, 0) is 37.1 Å². The summed E-state index contributed by atoms with van der Waals surface area (Å²) in [4.78, 5) is 0. The zero-order valence-electron chi connectivity index (χ0n) is 13.7. The van der Waals surface area contributed by atoms with Crippen molar-refractivity contribution in [2.24, 2.45) is 0 Å². The van der Waals surface area contributed by atoms with Crippen LogP contribution in [0.4, 0.5) is 0 Å². The van der Waals surface area contributed by atoms with Crippen LogP contribution in [0.1, 0.15) is 65.2 Å². The van der Waals surface area contributed by atoms with Gasteiger partial charge in [0.15, 0.2) is 0 Å². The lowest BCUT2D eigenvalue weighted by molar-refractivity contribution is 0.126. The van der Waals surface area contributed by atoms with E-state index in [0.29, 0.717) is 0 Å². The summed E-state index contributed by atoms with van der Waals surface area (Å²) < 4.78 is 5.53. The van der Waals surface area contributed by atoms with E-state index in [1.54, 1.807) is 0 Å². The third-order valence-electron chi connectivity index (χ3n) is 3.13. The fourth-order valence-electron chi connectivity index (χ4n) is 1.82. The van der Waals surface area contributed by atoms with Crippen LogP contribution < -0.4 is 0 Å². The molecule has 0 amide bonds. The van der Waals surface area contributed by atoms with Gasteiger partial charge in [-0.2, -0.15) is 0 Å². The van der Waals surface area contributed by atoms with Gasteiger partial charge in [0.25, 0.3) is 0 Å². The van der Waals surface area contributed by atoms with Crippen LogP contribution in [0.2, 0.25) is 0 Å². The van der Waals surface area contributed by atoms with Gasteiger partial charge < -0.3 is 14.9 Å². The highest BCUT2D eigenvalue weighted by Crippen LogP contribution is 2.13. The quantitative estimate of drug-likeness (QED) is 0.457. The Hall–Kier alpha value is -1.22. The van der Waals surface area contributed by atoms with E-state index < -0.39 is 0 Å². The van der Waals surface area contributed by atoms with E-state index in [2.05, 4.69) is 13.8 Å². The van der Waals surface area contributed by atoms with Crippen molar-refractivity contribution in [3.63, 3.8) is 0 Å². The summed E-state index contributed by atoms with van der Waals surface area (Å²) in [5, 5.41) is 17.3. The molecule has 0 atom stereocenters. The number of ether oxygens (including phenoxy) is 1. The molecule has 122 valence electrons. The van der Waals surface area contributed by atoms with E-state index in [1.165, 1.54) is 75.6 Å². The van der Waals surface area contributed by atoms with E-state index in [-0.39, 0.29) is 11.5 Å². The molecule has 0 heterocycles. The van der Waals surface area contributed by atoms with Gasteiger partial charge in [0, 0.05) is 13.2 Å². The van der Waals surface area contributed by atoms with Gasteiger partial charge in [0.2, 0.25) is 0 Å². The first-order valence-electron chi connectivity index (χ1n) is 8.26. The summed E-state index contributed by atoms with van der Waals surface area (Å²) >= 11 is 0. The van der Waals surface area contributed by atoms with Crippen molar-refractivity contribution in [3.05, 3.63) is 24.3 Å². The first-order valence-corrected chi connectivity index (χ1v) is 8.26. The molecule has 0 fully saturated rings. The SMILES string of the molecule is CCCCCCOCCCCCC.Oc1ccc(O)cc1. The Balaban J connectivity index is 0.000000423. The minimum absolute atomic E-state index is 0.169. The fraction of sp³-hybridized carbons (Fsp3) is 0.667. The zero-order chi connectivity index (χ0) is 15.8. The second kappa shape index (κ2) is 15.2. The third kappa shape index (κ3) is 15.0. The van der Waals surface area contributed by atoms with Crippen LogP contribution in [0, 0.1) is 0 Å². The van der Waals surface area contributed by atoms with Gasteiger partial charge >= 0.3 is 0 Å². The monoisotopic (exact) mass is 296 g/mol. The summed E-state index contributed by atoms with van der Waals surface area (Å²) in [6, 6.07) is 5.70. The number of unbranched alkanes of at least 4 members (excludes halogenated alkanes) is 6. The number of phenolic OH excluding ortho intramolecular Hbond substituents is 2. The molecule has 0 aromatic heterocycles. The largest absolute Gasteiger partial charge is 0.508 e. The van der Waals surface area contributed by atoms with Crippen molar-refractivity contribution < 1.29 is 14.9 Å². The number of aromatic hydroxyl groups is 2. The molecule has 0 spiro atoms. The molecule has 0 aliphatic heterocycles. The first-order chi connectivity index (χ1) is 10.2. The minimum atomic E-state index is 0.169. The van der Waals surface area contributed by atoms with Crippen molar-refractivity contribution >= 4 is 0 Å². The third-order valence-corrected chi connectivity index (χ3v) is 3.13. The Morgan fingerprint density at radius 1 is 0.667 bits per heavy atom. The lowest BCUT2D eigenvalue weighted by Crippen LogP contribution is -1.96. The maximum absolute atomic E-state index is 8.65. The predicted octanol–water partition coefficient (Wildman–Crippen LogP) is 5.26. The summed E-state index contributed by atoms with van der Waals surface area (Å²) in [6.45, 7) is 6.44. The minimum Gasteiger partial charge on any atom is -0.508 e. The van der Waals surface area contributed by atoms with E-state index >= 15 is 0 Å². The van der Waals surface area contributed by atoms with Crippen LogP contribution in [-0.4, -0.2) is 23.4 Å². The molecular weight excluding hydrogens is 264 g/mol. The van der Waals surface area contributed by atoms with E-state index in [0.717, 1.165) is 13.2 Å². The maximum atomic E-state index is 8.65. The number of hydrogen-bond donors (Lipinski definition) is 2. The molecule has 3 nitrogen and oxygen atoms in total. The predicted molar refractivity (Wildman–Crippen MR) is 88.9 cm³/mol. The Labute approximate surface area is 130 Å². The molecule has 0 bridgehead atoms. The highest BCUT2D eigenvalue weighted by atomic mass is 16.5. The topological polar surface area (TPSA) is 49.7 Å². The number of hydrogen-bond acceptors (Lipinski definition) is 3. The Morgan fingerprint density at radius 2 is 1.05 bits per heavy atom. The summed E-state index contributed by atoms with van der Waals surface area (Å²) in [5.41, 5.74) is 0. The number of phenols is 2. The molecular formula is C18H32O3. The molecule has 0 saturated heterocycles. The van der Waals surface area contributed by atoms with Crippen LogP contribution in [0.25, 0.3) is 0 Å². The van der Waals surface area contributed by atoms with Crippen molar-refractivity contribution in [1.82, 2.24) is 0 Å². The van der Waals surface area contributed by atoms with Gasteiger partial charge in [-0.25, -0.2) is 0 Å². The molecule has 21 heavy (non-hydrogen) atoms. The molecule has 0 saturated carbocycles. The van der Waals surface area contributed by atoms with Crippen LogP contribution in [-0.2, 0) is 4.74 Å². The van der Waals surface area contributed by atoms with E-state index in [9.17, 15) is 0 Å². The lowest BCUT2D eigenvalue weighted by atomic mass is 10.2. The molecule has 1 aromatic carbocycles. The van der Waals surface area contributed by atoms with Crippen molar-refractivity contribution in [2.45, 2.75) is 65.2 Å². The fourth-order valence-corrected chi connectivity index (χ4v) is 1.82. The lowest BCUT2D eigenvalue weighted by Gasteiger charge is -2.03. The van der Waals surface area contributed by atoms with Crippen molar-refractivity contribution in [3.8, 4) is 11.5 Å². The van der Waals surface area contributed by atoms with Crippen LogP contribution in [0.5, 0.6) is 11.5 Å². The molecule has 0 aliphatic rings. The highest BCUT2D eigenvalue weighted by molar-refractivity contribution is 5.28. The van der Waals surface area contributed by atoms with E-state index in [1.807, 2.05) is 0 Å².